The molecule has 1 aliphatic heterocycles. The molecule has 8 heteroatoms. The van der Waals surface area contributed by atoms with Gasteiger partial charge in [0.2, 0.25) is 15.9 Å². The van der Waals surface area contributed by atoms with Crippen molar-refractivity contribution >= 4 is 16.0 Å². The Morgan fingerprint density at radius 3 is 2.52 bits per heavy atom. The van der Waals surface area contributed by atoms with Crippen molar-refractivity contribution in [2.24, 2.45) is 11.8 Å². The van der Waals surface area contributed by atoms with Crippen LogP contribution in [0.25, 0.3) is 0 Å². The summed E-state index contributed by atoms with van der Waals surface area (Å²) in [6.07, 6.45) is 4.54. The van der Waals surface area contributed by atoms with Crippen LogP contribution in [0, 0.1) is 11.8 Å². The molecular formula is C15H26N4O3S. The fourth-order valence-corrected chi connectivity index (χ4v) is 5.26. The van der Waals surface area contributed by atoms with E-state index in [9.17, 15) is 8.42 Å². The lowest BCUT2D eigenvalue weighted by molar-refractivity contribution is 0.324. The highest BCUT2D eigenvalue weighted by Gasteiger charge is 2.44. The highest BCUT2D eigenvalue weighted by atomic mass is 32.2. The standard InChI is InChI=1S/C15H26N4O3S/c1-3-5-13-16-15(17-22-13)19-9-11-6-7-12(10-19)14(11)18-23(20,21)8-4-2/h11-12,14,18H,3-10H2,1-2H3/t11-,12+,14?. The first-order chi connectivity index (χ1) is 11.0. The summed E-state index contributed by atoms with van der Waals surface area (Å²) in [6.45, 7) is 5.56. The van der Waals surface area contributed by atoms with Crippen LogP contribution in [-0.4, -0.2) is 43.4 Å². The lowest BCUT2D eigenvalue weighted by atomic mass is 9.93. The van der Waals surface area contributed by atoms with Gasteiger partial charge in [-0.3, -0.25) is 0 Å². The van der Waals surface area contributed by atoms with Crippen LogP contribution < -0.4 is 9.62 Å². The smallest absolute Gasteiger partial charge is 0.266 e. The molecule has 1 unspecified atom stereocenters. The predicted octanol–water partition coefficient (Wildman–Crippen LogP) is 1.57. The summed E-state index contributed by atoms with van der Waals surface area (Å²) in [4.78, 5) is 6.61. The molecular weight excluding hydrogens is 316 g/mol. The Balaban J connectivity index is 1.66. The molecule has 23 heavy (non-hydrogen) atoms. The average Bonchev–Trinajstić information content (AvgIpc) is 3.02. The van der Waals surface area contributed by atoms with Crippen molar-refractivity contribution in [1.29, 1.82) is 0 Å². The molecule has 0 amide bonds. The Kier molecular flexibility index (Phi) is 4.91. The van der Waals surface area contributed by atoms with Gasteiger partial charge in [-0.05, 0) is 42.7 Å². The van der Waals surface area contributed by atoms with E-state index >= 15 is 0 Å². The third-order valence-electron chi connectivity index (χ3n) is 4.83. The van der Waals surface area contributed by atoms with Crippen molar-refractivity contribution in [1.82, 2.24) is 14.9 Å². The van der Waals surface area contributed by atoms with E-state index in [0.717, 1.165) is 38.8 Å². The fraction of sp³-hybridized carbons (Fsp3) is 0.867. The SMILES string of the molecule is CCCc1nc(N2C[C@H]3CC[C@@H](C2)C3NS(=O)(=O)CCC)no1. The van der Waals surface area contributed by atoms with Gasteiger partial charge in [0.15, 0.2) is 0 Å². The van der Waals surface area contributed by atoms with Gasteiger partial charge in [0.25, 0.3) is 5.95 Å². The van der Waals surface area contributed by atoms with E-state index in [1.807, 2.05) is 6.92 Å². The van der Waals surface area contributed by atoms with Crippen LogP contribution in [0.4, 0.5) is 5.95 Å². The quantitative estimate of drug-likeness (QED) is 0.809. The monoisotopic (exact) mass is 342 g/mol. The summed E-state index contributed by atoms with van der Waals surface area (Å²) in [5, 5.41) is 4.09. The number of hydrogen-bond donors (Lipinski definition) is 1. The molecule has 1 aliphatic carbocycles. The largest absolute Gasteiger partial charge is 0.338 e. The summed E-state index contributed by atoms with van der Waals surface area (Å²) < 4.78 is 32.4. The molecule has 2 bridgehead atoms. The number of aryl methyl sites for hydroxylation is 1. The third kappa shape index (κ3) is 3.68. The summed E-state index contributed by atoms with van der Waals surface area (Å²) in [5.74, 6) is 2.19. The fourth-order valence-electron chi connectivity index (χ4n) is 3.80. The highest BCUT2D eigenvalue weighted by Crippen LogP contribution is 2.38. The molecule has 2 aliphatic rings. The van der Waals surface area contributed by atoms with Crippen molar-refractivity contribution in [3.63, 3.8) is 0 Å². The Bertz CT molecular complexity index is 616. The first-order valence-corrected chi connectivity index (χ1v) is 10.2. The molecule has 0 radical (unpaired) electrons. The summed E-state index contributed by atoms with van der Waals surface area (Å²) in [7, 11) is -3.16. The maximum absolute atomic E-state index is 12.1. The van der Waals surface area contributed by atoms with Crippen LogP contribution in [0.3, 0.4) is 0 Å². The van der Waals surface area contributed by atoms with Crippen LogP contribution in [0.1, 0.15) is 45.4 Å². The number of hydrogen-bond acceptors (Lipinski definition) is 6. The molecule has 3 atom stereocenters. The predicted molar refractivity (Wildman–Crippen MR) is 87.7 cm³/mol. The first-order valence-electron chi connectivity index (χ1n) is 8.60. The van der Waals surface area contributed by atoms with E-state index in [0.29, 0.717) is 30.1 Å². The van der Waals surface area contributed by atoms with Gasteiger partial charge in [-0.2, -0.15) is 4.98 Å². The van der Waals surface area contributed by atoms with Crippen molar-refractivity contribution in [3.8, 4) is 0 Å². The van der Waals surface area contributed by atoms with Gasteiger partial charge in [0.05, 0.1) is 5.75 Å². The Morgan fingerprint density at radius 1 is 1.22 bits per heavy atom. The number of sulfonamides is 1. The maximum Gasteiger partial charge on any atom is 0.266 e. The number of aromatic nitrogens is 2. The zero-order valence-corrected chi connectivity index (χ0v) is 14.7. The number of piperidine rings is 1. The molecule has 2 fully saturated rings. The molecule has 2 heterocycles. The molecule has 3 rings (SSSR count). The van der Waals surface area contributed by atoms with E-state index in [4.69, 9.17) is 4.52 Å². The second-order valence-electron chi connectivity index (χ2n) is 6.70. The minimum absolute atomic E-state index is 0.0600. The molecule has 1 saturated heterocycles. The second kappa shape index (κ2) is 6.76. The lowest BCUT2D eigenvalue weighted by Gasteiger charge is -2.37. The summed E-state index contributed by atoms with van der Waals surface area (Å²) >= 11 is 0. The topological polar surface area (TPSA) is 88.3 Å². The number of nitrogens with zero attached hydrogens (tertiary/aromatic N) is 3. The Hall–Kier alpha value is -1.15. The van der Waals surface area contributed by atoms with Crippen molar-refractivity contribution in [3.05, 3.63) is 5.89 Å². The van der Waals surface area contributed by atoms with Gasteiger partial charge in [0, 0.05) is 25.6 Å². The van der Waals surface area contributed by atoms with E-state index in [1.165, 1.54) is 0 Å². The molecule has 1 aromatic heterocycles. The molecule has 130 valence electrons. The van der Waals surface area contributed by atoms with Crippen LogP contribution in [0.2, 0.25) is 0 Å². The minimum Gasteiger partial charge on any atom is -0.338 e. The Labute approximate surface area is 137 Å². The molecule has 1 N–H and O–H groups in total. The number of rotatable bonds is 7. The van der Waals surface area contributed by atoms with Gasteiger partial charge in [-0.1, -0.05) is 13.8 Å². The molecule has 0 aromatic carbocycles. The molecule has 0 spiro atoms. The van der Waals surface area contributed by atoms with Gasteiger partial charge in [-0.15, -0.1) is 0 Å². The van der Waals surface area contributed by atoms with Gasteiger partial charge in [0.1, 0.15) is 0 Å². The van der Waals surface area contributed by atoms with E-state index in [1.54, 1.807) is 0 Å². The lowest BCUT2D eigenvalue weighted by Crippen LogP contribution is -2.53. The maximum atomic E-state index is 12.1. The number of fused-ring (bicyclic) bond motifs is 2. The third-order valence-corrected chi connectivity index (χ3v) is 6.40. The van der Waals surface area contributed by atoms with E-state index < -0.39 is 10.0 Å². The van der Waals surface area contributed by atoms with E-state index in [2.05, 4.69) is 26.7 Å². The highest BCUT2D eigenvalue weighted by molar-refractivity contribution is 7.89. The van der Waals surface area contributed by atoms with Crippen LogP contribution in [0.15, 0.2) is 4.52 Å². The molecule has 7 nitrogen and oxygen atoms in total. The van der Waals surface area contributed by atoms with Crippen molar-refractivity contribution < 1.29 is 12.9 Å². The summed E-state index contributed by atoms with van der Waals surface area (Å²) in [6, 6.07) is 0.0600. The van der Waals surface area contributed by atoms with Gasteiger partial charge < -0.3 is 9.42 Å². The van der Waals surface area contributed by atoms with Crippen LogP contribution in [-0.2, 0) is 16.4 Å². The second-order valence-corrected chi connectivity index (χ2v) is 8.58. The van der Waals surface area contributed by atoms with Crippen LogP contribution >= 0.6 is 0 Å². The van der Waals surface area contributed by atoms with Crippen molar-refractivity contribution in [2.45, 2.75) is 52.0 Å². The minimum atomic E-state index is -3.16. The van der Waals surface area contributed by atoms with Gasteiger partial charge >= 0.3 is 0 Å². The summed E-state index contributed by atoms with van der Waals surface area (Å²) in [5.41, 5.74) is 0. The normalized spacial score (nSPS) is 27.6. The van der Waals surface area contributed by atoms with Crippen molar-refractivity contribution in [2.75, 3.05) is 23.7 Å². The van der Waals surface area contributed by atoms with E-state index in [-0.39, 0.29) is 11.8 Å². The zero-order valence-electron chi connectivity index (χ0n) is 13.9. The zero-order chi connectivity index (χ0) is 16.4. The Morgan fingerprint density at radius 2 is 1.91 bits per heavy atom. The number of anilines is 1. The number of nitrogens with one attached hydrogen (secondary N) is 1. The van der Waals surface area contributed by atoms with Crippen LogP contribution in [0.5, 0.6) is 0 Å². The molecule has 1 aromatic rings. The first kappa shape index (κ1) is 16.7. The van der Waals surface area contributed by atoms with Gasteiger partial charge in [-0.25, -0.2) is 13.1 Å². The average molecular weight is 342 g/mol. The molecule has 1 saturated carbocycles.